The van der Waals surface area contributed by atoms with Crippen LogP contribution in [-0.4, -0.2) is 17.5 Å². The lowest BCUT2D eigenvalue weighted by molar-refractivity contribution is 0.609. The second-order valence-corrected chi connectivity index (χ2v) is 5.95. The quantitative estimate of drug-likeness (QED) is 0.902. The van der Waals surface area contributed by atoms with Crippen LogP contribution in [0.5, 0.6) is 0 Å². The first-order valence-corrected chi connectivity index (χ1v) is 7.39. The van der Waals surface area contributed by atoms with Crippen LogP contribution in [0.25, 0.3) is 0 Å². The van der Waals surface area contributed by atoms with E-state index in [9.17, 15) is 4.39 Å². The minimum absolute atomic E-state index is 0.246. The van der Waals surface area contributed by atoms with Gasteiger partial charge in [-0.1, -0.05) is 0 Å². The average Bonchev–Trinajstić information content (AvgIpc) is 2.37. The second kappa shape index (κ2) is 5.74. The molecule has 2 rings (SSSR count). The van der Waals surface area contributed by atoms with Crippen LogP contribution in [0.15, 0.2) is 16.6 Å². The van der Waals surface area contributed by atoms with E-state index in [0.717, 1.165) is 24.3 Å². The van der Waals surface area contributed by atoms with Crippen LogP contribution < -0.4 is 5.32 Å². The summed E-state index contributed by atoms with van der Waals surface area (Å²) in [4.78, 5) is 0. The lowest BCUT2D eigenvalue weighted by Crippen LogP contribution is -2.25. The zero-order chi connectivity index (χ0) is 12.3. The Morgan fingerprint density at radius 2 is 2.12 bits per heavy atom. The SMILES string of the molecule is N#Cc1ccc(NC2CCSCC2)c(F)c1Br. The Hall–Kier alpha value is -0.730. The number of nitrogens with one attached hydrogen (secondary N) is 1. The van der Waals surface area contributed by atoms with Gasteiger partial charge in [0.2, 0.25) is 0 Å². The van der Waals surface area contributed by atoms with E-state index in [-0.39, 0.29) is 10.3 Å². The number of hydrogen-bond acceptors (Lipinski definition) is 3. The van der Waals surface area contributed by atoms with Gasteiger partial charge < -0.3 is 5.32 Å². The molecule has 0 amide bonds. The average molecular weight is 315 g/mol. The Morgan fingerprint density at radius 1 is 1.41 bits per heavy atom. The number of rotatable bonds is 2. The van der Waals surface area contributed by atoms with E-state index in [4.69, 9.17) is 5.26 Å². The van der Waals surface area contributed by atoms with Gasteiger partial charge in [-0.25, -0.2) is 4.39 Å². The summed E-state index contributed by atoms with van der Waals surface area (Å²) >= 11 is 5.05. The fourth-order valence-electron chi connectivity index (χ4n) is 1.81. The highest BCUT2D eigenvalue weighted by Gasteiger charge is 2.17. The standard InChI is InChI=1S/C12H12BrFN2S/c13-11-8(7-15)1-2-10(12(11)14)16-9-3-5-17-6-4-9/h1-2,9,16H,3-6H2. The van der Waals surface area contributed by atoms with Crippen molar-refractivity contribution in [3.05, 3.63) is 28.0 Å². The first-order valence-electron chi connectivity index (χ1n) is 5.44. The van der Waals surface area contributed by atoms with Crippen LogP contribution in [0.3, 0.4) is 0 Å². The van der Waals surface area contributed by atoms with E-state index in [1.807, 2.05) is 17.8 Å². The summed E-state index contributed by atoms with van der Waals surface area (Å²) in [6, 6.07) is 5.56. The molecule has 1 aromatic rings. The predicted molar refractivity (Wildman–Crippen MR) is 72.8 cm³/mol. The maximum Gasteiger partial charge on any atom is 0.161 e. The molecule has 1 aliphatic rings. The molecular weight excluding hydrogens is 303 g/mol. The highest BCUT2D eigenvalue weighted by atomic mass is 79.9. The molecule has 0 aliphatic carbocycles. The number of hydrogen-bond donors (Lipinski definition) is 1. The first kappa shape index (κ1) is 12.7. The second-order valence-electron chi connectivity index (χ2n) is 3.93. The molecule has 5 heteroatoms. The van der Waals surface area contributed by atoms with Crippen molar-refractivity contribution in [3.8, 4) is 6.07 Å². The first-order chi connectivity index (χ1) is 8.22. The van der Waals surface area contributed by atoms with Crippen molar-refractivity contribution in [1.82, 2.24) is 0 Å². The van der Waals surface area contributed by atoms with Crippen molar-refractivity contribution in [2.75, 3.05) is 16.8 Å². The van der Waals surface area contributed by atoms with Crippen molar-refractivity contribution < 1.29 is 4.39 Å². The summed E-state index contributed by atoms with van der Waals surface area (Å²) in [7, 11) is 0. The summed E-state index contributed by atoms with van der Waals surface area (Å²) in [5.41, 5.74) is 0.806. The zero-order valence-electron chi connectivity index (χ0n) is 9.17. The lowest BCUT2D eigenvalue weighted by Gasteiger charge is -2.24. The molecule has 0 spiro atoms. The van der Waals surface area contributed by atoms with Gasteiger partial charge in [0.15, 0.2) is 5.82 Å². The summed E-state index contributed by atoms with van der Waals surface area (Å²) < 4.78 is 14.2. The molecule has 0 saturated carbocycles. The maximum absolute atomic E-state index is 13.9. The van der Waals surface area contributed by atoms with Gasteiger partial charge in [0.05, 0.1) is 15.7 Å². The number of anilines is 1. The molecule has 17 heavy (non-hydrogen) atoms. The summed E-state index contributed by atoms with van der Waals surface area (Å²) in [6.45, 7) is 0. The molecule has 1 aliphatic heterocycles. The monoisotopic (exact) mass is 314 g/mol. The van der Waals surface area contributed by atoms with Gasteiger partial charge in [0.1, 0.15) is 6.07 Å². The Balaban J connectivity index is 2.16. The molecule has 1 heterocycles. The summed E-state index contributed by atoms with van der Waals surface area (Å²) in [5, 5.41) is 12.0. The molecule has 0 radical (unpaired) electrons. The molecule has 0 bridgehead atoms. The van der Waals surface area contributed by atoms with E-state index in [1.165, 1.54) is 0 Å². The minimum Gasteiger partial charge on any atom is -0.380 e. The van der Waals surface area contributed by atoms with Gasteiger partial charge >= 0.3 is 0 Å². The van der Waals surface area contributed by atoms with Gasteiger partial charge in [-0.2, -0.15) is 17.0 Å². The smallest absolute Gasteiger partial charge is 0.161 e. The fraction of sp³-hybridized carbons (Fsp3) is 0.417. The van der Waals surface area contributed by atoms with Crippen molar-refractivity contribution in [2.24, 2.45) is 0 Å². The normalized spacial score (nSPS) is 16.5. The van der Waals surface area contributed by atoms with E-state index in [2.05, 4.69) is 21.2 Å². The third-order valence-electron chi connectivity index (χ3n) is 2.78. The highest BCUT2D eigenvalue weighted by Crippen LogP contribution is 2.28. The molecule has 1 aromatic carbocycles. The maximum atomic E-state index is 13.9. The van der Waals surface area contributed by atoms with E-state index < -0.39 is 0 Å². The molecule has 1 fully saturated rings. The molecule has 0 atom stereocenters. The number of halogens is 2. The van der Waals surface area contributed by atoms with E-state index in [0.29, 0.717) is 17.3 Å². The Bertz CT molecular complexity index is 453. The van der Waals surface area contributed by atoms with Gasteiger partial charge in [0, 0.05) is 6.04 Å². The highest BCUT2D eigenvalue weighted by molar-refractivity contribution is 9.10. The Kier molecular flexibility index (Phi) is 4.30. The topological polar surface area (TPSA) is 35.8 Å². The van der Waals surface area contributed by atoms with Crippen LogP contribution in [0.2, 0.25) is 0 Å². The molecule has 2 nitrogen and oxygen atoms in total. The van der Waals surface area contributed by atoms with E-state index in [1.54, 1.807) is 12.1 Å². The molecule has 90 valence electrons. The van der Waals surface area contributed by atoms with Crippen molar-refractivity contribution in [2.45, 2.75) is 18.9 Å². The molecule has 1 saturated heterocycles. The van der Waals surface area contributed by atoms with Gasteiger partial charge in [-0.3, -0.25) is 0 Å². The van der Waals surface area contributed by atoms with Crippen LogP contribution in [0.4, 0.5) is 10.1 Å². The van der Waals surface area contributed by atoms with Crippen molar-refractivity contribution in [3.63, 3.8) is 0 Å². The number of nitriles is 1. The molecule has 0 unspecified atom stereocenters. The third-order valence-corrected chi connectivity index (χ3v) is 4.61. The van der Waals surface area contributed by atoms with E-state index >= 15 is 0 Å². The van der Waals surface area contributed by atoms with Crippen molar-refractivity contribution >= 4 is 33.4 Å². The van der Waals surface area contributed by atoms with Crippen LogP contribution in [-0.2, 0) is 0 Å². The summed E-state index contributed by atoms with van der Waals surface area (Å²) in [5.74, 6) is 1.87. The van der Waals surface area contributed by atoms with Gasteiger partial charge in [0.25, 0.3) is 0 Å². The number of thioether (sulfide) groups is 1. The lowest BCUT2D eigenvalue weighted by atomic mass is 10.1. The summed E-state index contributed by atoms with van der Waals surface area (Å²) in [6.07, 6.45) is 2.11. The van der Waals surface area contributed by atoms with Crippen LogP contribution in [0, 0.1) is 17.1 Å². The third kappa shape index (κ3) is 2.93. The fourth-order valence-corrected chi connectivity index (χ4v) is 3.35. The Labute approximate surface area is 113 Å². The molecule has 1 N–H and O–H groups in total. The van der Waals surface area contributed by atoms with Crippen molar-refractivity contribution in [1.29, 1.82) is 5.26 Å². The van der Waals surface area contributed by atoms with Gasteiger partial charge in [-0.15, -0.1) is 0 Å². The van der Waals surface area contributed by atoms with Crippen LogP contribution in [0.1, 0.15) is 18.4 Å². The number of nitrogens with zero attached hydrogens (tertiary/aromatic N) is 1. The Morgan fingerprint density at radius 3 is 2.76 bits per heavy atom. The predicted octanol–water partition coefficient (Wildman–Crippen LogP) is 3.77. The van der Waals surface area contributed by atoms with Crippen LogP contribution >= 0.6 is 27.7 Å². The largest absolute Gasteiger partial charge is 0.380 e. The number of benzene rings is 1. The molecule has 0 aromatic heterocycles. The van der Waals surface area contributed by atoms with Gasteiger partial charge in [-0.05, 0) is 52.4 Å². The minimum atomic E-state index is -0.373. The zero-order valence-corrected chi connectivity index (χ0v) is 11.6. The molecular formula is C12H12BrFN2S.